The summed E-state index contributed by atoms with van der Waals surface area (Å²) in [4.78, 5) is 4.06. The maximum absolute atomic E-state index is 9.45. The number of hydrogen-bond acceptors (Lipinski definition) is 3. The Hall–Kier alpha value is -1.81. The molecule has 2 N–H and O–H groups in total. The van der Waals surface area contributed by atoms with Gasteiger partial charge in [-0.3, -0.25) is 0 Å². The summed E-state index contributed by atoms with van der Waals surface area (Å²) in [7, 11) is 1.92. The van der Waals surface area contributed by atoms with Crippen LogP contribution in [0.5, 0.6) is 0 Å². The Morgan fingerprint density at radius 3 is 2.88 bits per heavy atom. The number of aliphatic hydroxyl groups excluding tert-OH is 1. The summed E-state index contributed by atoms with van der Waals surface area (Å²) in [6.45, 7) is 2.08. The van der Waals surface area contributed by atoms with Crippen molar-refractivity contribution in [1.29, 1.82) is 0 Å². The minimum absolute atomic E-state index is 0.0352. The summed E-state index contributed by atoms with van der Waals surface area (Å²) in [5.74, 6) is 0. The molecule has 1 aromatic heterocycles. The third kappa shape index (κ3) is 2.65. The van der Waals surface area contributed by atoms with Crippen molar-refractivity contribution in [2.45, 2.75) is 13.0 Å². The van der Waals surface area contributed by atoms with Crippen molar-refractivity contribution >= 4 is 5.69 Å². The lowest BCUT2D eigenvalue weighted by Gasteiger charge is -2.18. The average Bonchev–Trinajstić information content (AvgIpc) is 2.72. The molecular formula is C13H17N3O. The van der Waals surface area contributed by atoms with E-state index in [1.807, 2.05) is 36.7 Å². The first-order valence-corrected chi connectivity index (χ1v) is 5.61. The van der Waals surface area contributed by atoms with Crippen LogP contribution in [0.25, 0.3) is 0 Å². The number of rotatable bonds is 4. The van der Waals surface area contributed by atoms with E-state index in [-0.39, 0.29) is 12.6 Å². The van der Waals surface area contributed by atoms with Gasteiger partial charge in [0.1, 0.15) is 0 Å². The Morgan fingerprint density at radius 1 is 1.47 bits per heavy atom. The lowest BCUT2D eigenvalue weighted by atomic mass is 10.2. The fourth-order valence-electron chi connectivity index (χ4n) is 1.85. The predicted molar refractivity (Wildman–Crippen MR) is 67.8 cm³/mol. The molecule has 1 atom stereocenters. The monoisotopic (exact) mass is 231 g/mol. The van der Waals surface area contributed by atoms with Crippen LogP contribution in [0.2, 0.25) is 0 Å². The molecule has 0 aliphatic carbocycles. The molecule has 0 fully saturated rings. The minimum atomic E-state index is -0.135. The van der Waals surface area contributed by atoms with Gasteiger partial charge in [0.15, 0.2) is 0 Å². The average molecular weight is 231 g/mol. The molecule has 0 aliphatic rings. The van der Waals surface area contributed by atoms with E-state index in [4.69, 9.17) is 0 Å². The number of imidazole rings is 1. The maximum atomic E-state index is 9.45. The Balaban J connectivity index is 2.19. The second kappa shape index (κ2) is 5.01. The van der Waals surface area contributed by atoms with Crippen LogP contribution in [0, 0.1) is 6.92 Å². The highest BCUT2D eigenvalue weighted by molar-refractivity contribution is 5.47. The van der Waals surface area contributed by atoms with Crippen LogP contribution in [0.15, 0.2) is 36.8 Å². The smallest absolute Gasteiger partial charge is 0.0946 e. The van der Waals surface area contributed by atoms with Gasteiger partial charge in [0.05, 0.1) is 30.9 Å². The van der Waals surface area contributed by atoms with Gasteiger partial charge in [-0.2, -0.15) is 0 Å². The predicted octanol–water partition coefficient (Wildman–Crippen LogP) is 1.87. The van der Waals surface area contributed by atoms with Crippen molar-refractivity contribution in [2.24, 2.45) is 7.05 Å². The Labute approximate surface area is 101 Å². The van der Waals surface area contributed by atoms with Crippen LogP contribution in [-0.2, 0) is 7.05 Å². The lowest BCUT2D eigenvalue weighted by molar-refractivity contribution is 0.272. The van der Waals surface area contributed by atoms with Crippen molar-refractivity contribution < 1.29 is 5.11 Å². The number of anilines is 1. The molecule has 2 rings (SSSR count). The molecule has 0 saturated carbocycles. The van der Waals surface area contributed by atoms with Crippen molar-refractivity contribution in [3.05, 3.63) is 48.0 Å². The zero-order valence-corrected chi connectivity index (χ0v) is 10.1. The topological polar surface area (TPSA) is 50.1 Å². The third-order valence-corrected chi connectivity index (χ3v) is 2.75. The van der Waals surface area contributed by atoms with Gasteiger partial charge < -0.3 is 15.0 Å². The van der Waals surface area contributed by atoms with E-state index >= 15 is 0 Å². The molecule has 0 aliphatic heterocycles. The van der Waals surface area contributed by atoms with E-state index in [9.17, 15) is 5.11 Å². The van der Waals surface area contributed by atoms with Crippen LogP contribution in [0.4, 0.5) is 5.69 Å². The number of aromatic nitrogens is 2. The fraction of sp³-hybridized carbons (Fsp3) is 0.308. The largest absolute Gasteiger partial charge is 0.394 e. The molecule has 17 heavy (non-hydrogen) atoms. The fourth-order valence-corrected chi connectivity index (χ4v) is 1.85. The third-order valence-electron chi connectivity index (χ3n) is 2.75. The number of nitrogens with zero attached hydrogens (tertiary/aromatic N) is 2. The molecule has 2 aromatic rings. The van der Waals surface area contributed by atoms with Gasteiger partial charge in [-0.1, -0.05) is 12.1 Å². The summed E-state index contributed by atoms with van der Waals surface area (Å²) in [6, 6.07) is 7.95. The highest BCUT2D eigenvalue weighted by atomic mass is 16.3. The van der Waals surface area contributed by atoms with Crippen molar-refractivity contribution in [3.8, 4) is 0 Å². The van der Waals surface area contributed by atoms with E-state index in [1.165, 1.54) is 5.56 Å². The first-order valence-electron chi connectivity index (χ1n) is 5.61. The molecule has 0 saturated heterocycles. The summed E-state index contributed by atoms with van der Waals surface area (Å²) in [5, 5.41) is 12.8. The van der Waals surface area contributed by atoms with Gasteiger partial charge in [-0.05, 0) is 24.6 Å². The quantitative estimate of drug-likeness (QED) is 0.844. The second-order valence-electron chi connectivity index (χ2n) is 4.18. The number of aliphatic hydroxyl groups is 1. The van der Waals surface area contributed by atoms with Crippen LogP contribution in [0.3, 0.4) is 0 Å². The zero-order valence-electron chi connectivity index (χ0n) is 10.1. The summed E-state index contributed by atoms with van der Waals surface area (Å²) in [5.41, 5.74) is 3.16. The van der Waals surface area contributed by atoms with E-state index in [1.54, 1.807) is 12.5 Å². The van der Waals surface area contributed by atoms with Gasteiger partial charge in [-0.25, -0.2) is 4.98 Å². The molecule has 90 valence electrons. The molecule has 4 nitrogen and oxygen atoms in total. The standard InChI is InChI=1S/C13H17N3O/c1-10-4-3-5-11(6-10)15-12(8-17)13-7-14-9-16(13)2/h3-7,9,12,15,17H,8H2,1-2H3. The summed E-state index contributed by atoms with van der Waals surface area (Å²) in [6.07, 6.45) is 3.50. The van der Waals surface area contributed by atoms with Crippen molar-refractivity contribution in [3.63, 3.8) is 0 Å². The van der Waals surface area contributed by atoms with Gasteiger partial charge in [0.25, 0.3) is 0 Å². The molecule has 1 heterocycles. The molecule has 0 amide bonds. The molecule has 0 spiro atoms. The molecule has 0 radical (unpaired) electrons. The number of hydrogen-bond donors (Lipinski definition) is 2. The normalized spacial score (nSPS) is 12.4. The molecule has 4 heteroatoms. The van der Waals surface area contributed by atoms with E-state index < -0.39 is 0 Å². The van der Waals surface area contributed by atoms with E-state index in [0.717, 1.165) is 11.4 Å². The number of benzene rings is 1. The first kappa shape index (κ1) is 11.7. The van der Waals surface area contributed by atoms with Gasteiger partial charge >= 0.3 is 0 Å². The van der Waals surface area contributed by atoms with Gasteiger partial charge in [-0.15, -0.1) is 0 Å². The first-order chi connectivity index (χ1) is 8.20. The van der Waals surface area contributed by atoms with Crippen molar-refractivity contribution in [2.75, 3.05) is 11.9 Å². The number of aryl methyl sites for hydroxylation is 2. The second-order valence-corrected chi connectivity index (χ2v) is 4.18. The van der Waals surface area contributed by atoms with Crippen LogP contribution in [0.1, 0.15) is 17.3 Å². The van der Waals surface area contributed by atoms with Crippen LogP contribution >= 0.6 is 0 Å². The highest BCUT2D eigenvalue weighted by Gasteiger charge is 2.13. The van der Waals surface area contributed by atoms with Crippen LogP contribution in [-0.4, -0.2) is 21.3 Å². The van der Waals surface area contributed by atoms with E-state index in [0.29, 0.717) is 0 Å². The Kier molecular flexibility index (Phi) is 3.44. The SMILES string of the molecule is Cc1cccc(NC(CO)c2cncn2C)c1. The Morgan fingerprint density at radius 2 is 2.29 bits per heavy atom. The van der Waals surface area contributed by atoms with Crippen LogP contribution < -0.4 is 5.32 Å². The van der Waals surface area contributed by atoms with Gasteiger partial charge in [0.2, 0.25) is 0 Å². The van der Waals surface area contributed by atoms with Gasteiger partial charge in [0, 0.05) is 12.7 Å². The number of nitrogens with one attached hydrogen (secondary N) is 1. The minimum Gasteiger partial charge on any atom is -0.394 e. The molecule has 1 unspecified atom stereocenters. The molecule has 1 aromatic carbocycles. The zero-order chi connectivity index (χ0) is 12.3. The molecule has 0 bridgehead atoms. The summed E-state index contributed by atoms with van der Waals surface area (Å²) < 4.78 is 1.91. The Bertz CT molecular complexity index is 493. The lowest BCUT2D eigenvalue weighted by Crippen LogP contribution is -2.17. The van der Waals surface area contributed by atoms with E-state index in [2.05, 4.69) is 16.4 Å². The highest BCUT2D eigenvalue weighted by Crippen LogP contribution is 2.19. The van der Waals surface area contributed by atoms with Crippen molar-refractivity contribution in [1.82, 2.24) is 9.55 Å². The molecular weight excluding hydrogens is 214 g/mol. The summed E-state index contributed by atoms with van der Waals surface area (Å²) >= 11 is 0. The maximum Gasteiger partial charge on any atom is 0.0946 e.